The third-order valence-electron chi connectivity index (χ3n) is 6.00. The van der Waals surface area contributed by atoms with E-state index < -0.39 is 0 Å². The Balaban J connectivity index is 1.43. The van der Waals surface area contributed by atoms with Crippen LogP contribution in [0.3, 0.4) is 0 Å². The van der Waals surface area contributed by atoms with Crippen LogP contribution in [0.5, 0.6) is 0 Å². The summed E-state index contributed by atoms with van der Waals surface area (Å²) in [6.07, 6.45) is 7.27. The van der Waals surface area contributed by atoms with E-state index in [-0.39, 0.29) is 11.8 Å². The van der Waals surface area contributed by atoms with Gasteiger partial charge in [-0.2, -0.15) is 5.10 Å². The number of nitrogens with zero attached hydrogens (tertiary/aromatic N) is 3. The Kier molecular flexibility index (Phi) is 5.07. The second-order valence-electron chi connectivity index (χ2n) is 7.68. The third-order valence-corrected chi connectivity index (χ3v) is 6.00. The lowest BCUT2D eigenvalue weighted by atomic mass is 9.89. The summed E-state index contributed by atoms with van der Waals surface area (Å²) in [5, 5.41) is 7.71. The fourth-order valence-corrected chi connectivity index (χ4v) is 4.53. The molecule has 5 heteroatoms. The van der Waals surface area contributed by atoms with Gasteiger partial charge in [-0.05, 0) is 36.3 Å². The molecule has 0 aliphatic carbocycles. The number of nitrogens with one attached hydrogen (secondary N) is 1. The molecule has 26 heavy (non-hydrogen) atoms. The Morgan fingerprint density at radius 3 is 2.73 bits per heavy atom. The SMILES string of the molecule is Cn1cc([C@H]2CNC[C@@H]2C(=O)N2CCCC(c3ccccc3)CC2)cn1. The summed E-state index contributed by atoms with van der Waals surface area (Å²) in [6, 6.07) is 10.8. The molecule has 1 unspecified atom stereocenters. The van der Waals surface area contributed by atoms with Crippen LogP contribution in [0.2, 0.25) is 0 Å². The van der Waals surface area contributed by atoms with Crippen molar-refractivity contribution in [3.8, 4) is 0 Å². The van der Waals surface area contributed by atoms with Crippen molar-refractivity contribution in [1.29, 1.82) is 0 Å². The van der Waals surface area contributed by atoms with Crippen molar-refractivity contribution in [3.05, 3.63) is 53.9 Å². The van der Waals surface area contributed by atoms with Crippen LogP contribution in [-0.4, -0.2) is 46.8 Å². The molecular weight excluding hydrogens is 324 g/mol. The molecule has 4 rings (SSSR count). The first-order chi connectivity index (χ1) is 12.7. The van der Waals surface area contributed by atoms with E-state index in [1.54, 1.807) is 0 Å². The van der Waals surface area contributed by atoms with Crippen molar-refractivity contribution in [2.24, 2.45) is 13.0 Å². The molecule has 2 aliphatic heterocycles. The zero-order valence-electron chi connectivity index (χ0n) is 15.5. The lowest BCUT2D eigenvalue weighted by molar-refractivity contribution is -0.135. The van der Waals surface area contributed by atoms with Gasteiger partial charge in [-0.1, -0.05) is 30.3 Å². The molecule has 3 heterocycles. The second kappa shape index (κ2) is 7.62. The van der Waals surface area contributed by atoms with Crippen molar-refractivity contribution >= 4 is 5.91 Å². The van der Waals surface area contributed by atoms with Crippen LogP contribution in [0.1, 0.15) is 42.2 Å². The summed E-state index contributed by atoms with van der Waals surface area (Å²) in [7, 11) is 1.93. The minimum Gasteiger partial charge on any atom is -0.342 e. The normalized spacial score (nSPS) is 26.7. The number of aryl methyl sites for hydroxylation is 1. The van der Waals surface area contributed by atoms with Crippen LogP contribution in [0, 0.1) is 5.92 Å². The fraction of sp³-hybridized carbons (Fsp3) is 0.524. The molecule has 2 saturated heterocycles. The van der Waals surface area contributed by atoms with Crippen LogP contribution in [0.4, 0.5) is 0 Å². The van der Waals surface area contributed by atoms with Crippen molar-refractivity contribution in [2.75, 3.05) is 26.2 Å². The molecule has 3 atom stereocenters. The molecule has 2 aromatic rings. The number of carbonyl (C=O) groups is 1. The van der Waals surface area contributed by atoms with Crippen molar-refractivity contribution in [2.45, 2.75) is 31.1 Å². The summed E-state index contributed by atoms with van der Waals surface area (Å²) in [5.74, 6) is 1.17. The molecule has 2 aliphatic rings. The van der Waals surface area contributed by atoms with Crippen molar-refractivity contribution in [3.63, 3.8) is 0 Å². The zero-order chi connectivity index (χ0) is 17.9. The van der Waals surface area contributed by atoms with E-state index >= 15 is 0 Å². The molecule has 5 nitrogen and oxygen atoms in total. The maximum atomic E-state index is 13.2. The van der Waals surface area contributed by atoms with Gasteiger partial charge in [0.15, 0.2) is 0 Å². The van der Waals surface area contributed by atoms with Gasteiger partial charge in [-0.3, -0.25) is 9.48 Å². The van der Waals surface area contributed by atoms with Gasteiger partial charge in [0.25, 0.3) is 0 Å². The predicted octanol–water partition coefficient (Wildman–Crippen LogP) is 2.52. The highest BCUT2D eigenvalue weighted by atomic mass is 16.2. The third kappa shape index (κ3) is 3.54. The number of aromatic nitrogens is 2. The first kappa shape index (κ1) is 17.3. The van der Waals surface area contributed by atoms with Gasteiger partial charge in [-0.25, -0.2) is 0 Å². The topological polar surface area (TPSA) is 50.2 Å². The van der Waals surface area contributed by atoms with Gasteiger partial charge in [0.05, 0.1) is 12.1 Å². The summed E-state index contributed by atoms with van der Waals surface area (Å²) in [5.41, 5.74) is 2.59. The standard InChI is InChI=1S/C21H28N4O/c1-24-15-18(12-23-24)19-13-22-14-20(19)21(26)25-10-5-8-17(9-11-25)16-6-3-2-4-7-16/h2-4,6-7,12,15,17,19-20,22H,5,8-11,13-14H2,1H3/t17?,19-,20+/m1/s1. The average molecular weight is 352 g/mol. The lowest BCUT2D eigenvalue weighted by Gasteiger charge is -2.26. The molecule has 1 aromatic carbocycles. The molecule has 0 bridgehead atoms. The zero-order valence-corrected chi connectivity index (χ0v) is 15.5. The maximum absolute atomic E-state index is 13.2. The average Bonchev–Trinajstić information content (AvgIpc) is 3.24. The first-order valence-corrected chi connectivity index (χ1v) is 9.75. The quantitative estimate of drug-likeness (QED) is 0.923. The highest BCUT2D eigenvalue weighted by Gasteiger charge is 2.37. The largest absolute Gasteiger partial charge is 0.342 e. The van der Waals surface area contributed by atoms with E-state index in [4.69, 9.17) is 0 Å². The van der Waals surface area contributed by atoms with Gasteiger partial charge in [0.1, 0.15) is 0 Å². The maximum Gasteiger partial charge on any atom is 0.227 e. The Morgan fingerprint density at radius 2 is 1.96 bits per heavy atom. The highest BCUT2D eigenvalue weighted by Crippen LogP contribution is 2.32. The lowest BCUT2D eigenvalue weighted by Crippen LogP contribution is -2.39. The smallest absolute Gasteiger partial charge is 0.227 e. The number of rotatable bonds is 3. The molecule has 0 spiro atoms. The van der Waals surface area contributed by atoms with Crippen LogP contribution < -0.4 is 5.32 Å². The highest BCUT2D eigenvalue weighted by molar-refractivity contribution is 5.80. The molecule has 1 N–H and O–H groups in total. The Labute approximate surface area is 155 Å². The molecule has 1 aromatic heterocycles. The molecule has 1 amide bonds. The van der Waals surface area contributed by atoms with Crippen LogP contribution in [-0.2, 0) is 11.8 Å². The minimum atomic E-state index is 0.0347. The van der Waals surface area contributed by atoms with Crippen LogP contribution in [0.25, 0.3) is 0 Å². The van der Waals surface area contributed by atoms with Gasteiger partial charge < -0.3 is 10.2 Å². The number of hydrogen-bond acceptors (Lipinski definition) is 3. The molecule has 0 saturated carbocycles. The van der Waals surface area contributed by atoms with Crippen molar-refractivity contribution in [1.82, 2.24) is 20.0 Å². The number of likely N-dealkylation sites (tertiary alicyclic amines) is 1. The number of amides is 1. The first-order valence-electron chi connectivity index (χ1n) is 9.75. The molecule has 138 valence electrons. The van der Waals surface area contributed by atoms with Gasteiger partial charge in [-0.15, -0.1) is 0 Å². The van der Waals surface area contributed by atoms with E-state index in [0.29, 0.717) is 11.8 Å². The van der Waals surface area contributed by atoms with Crippen molar-refractivity contribution < 1.29 is 4.79 Å². The predicted molar refractivity (Wildman–Crippen MR) is 102 cm³/mol. The summed E-state index contributed by atoms with van der Waals surface area (Å²) >= 11 is 0. The molecular formula is C21H28N4O. The van der Waals surface area contributed by atoms with E-state index in [9.17, 15) is 4.79 Å². The number of carbonyl (C=O) groups excluding carboxylic acids is 1. The van der Waals surface area contributed by atoms with Gasteiger partial charge in [0.2, 0.25) is 5.91 Å². The van der Waals surface area contributed by atoms with E-state index in [1.807, 2.05) is 24.1 Å². The van der Waals surface area contributed by atoms with Gasteiger partial charge in [0, 0.05) is 45.3 Å². The van der Waals surface area contributed by atoms with E-state index in [1.165, 1.54) is 17.5 Å². The number of benzene rings is 1. The monoisotopic (exact) mass is 352 g/mol. The van der Waals surface area contributed by atoms with Crippen LogP contribution in [0.15, 0.2) is 42.7 Å². The number of hydrogen-bond donors (Lipinski definition) is 1. The molecule has 2 fully saturated rings. The minimum absolute atomic E-state index is 0.0347. The Bertz CT molecular complexity index is 741. The van der Waals surface area contributed by atoms with Crippen LogP contribution >= 0.6 is 0 Å². The Hall–Kier alpha value is -2.14. The van der Waals surface area contributed by atoms with E-state index in [2.05, 4.69) is 45.6 Å². The second-order valence-corrected chi connectivity index (χ2v) is 7.68. The molecule has 0 radical (unpaired) electrons. The summed E-state index contributed by atoms with van der Waals surface area (Å²) in [4.78, 5) is 15.4. The fourth-order valence-electron chi connectivity index (χ4n) is 4.53. The summed E-state index contributed by atoms with van der Waals surface area (Å²) < 4.78 is 1.82. The van der Waals surface area contributed by atoms with Gasteiger partial charge >= 0.3 is 0 Å². The Morgan fingerprint density at radius 1 is 1.12 bits per heavy atom. The summed E-state index contributed by atoms with van der Waals surface area (Å²) in [6.45, 7) is 3.40. The van der Waals surface area contributed by atoms with E-state index in [0.717, 1.165) is 39.0 Å².